The molecular formula is C8H9NO2S. The molecule has 0 aromatic carbocycles. The fourth-order valence-corrected chi connectivity index (χ4v) is 1.34. The van der Waals surface area contributed by atoms with Crippen LogP contribution >= 0.6 is 11.8 Å². The lowest BCUT2D eigenvalue weighted by molar-refractivity contribution is -0.114. The van der Waals surface area contributed by atoms with Gasteiger partial charge in [0.1, 0.15) is 11.6 Å². The zero-order chi connectivity index (χ0) is 8.81. The number of thioether (sulfide) groups is 1. The van der Waals surface area contributed by atoms with Gasteiger partial charge in [0.15, 0.2) is 0 Å². The molecule has 0 aliphatic rings. The van der Waals surface area contributed by atoms with Crippen LogP contribution in [0.15, 0.2) is 29.4 Å². The van der Waals surface area contributed by atoms with Crippen molar-refractivity contribution in [2.24, 2.45) is 0 Å². The molecule has 0 N–H and O–H groups in total. The van der Waals surface area contributed by atoms with Crippen LogP contribution < -0.4 is 0 Å². The van der Waals surface area contributed by atoms with E-state index < -0.39 is 0 Å². The minimum absolute atomic E-state index is 0.0313. The van der Waals surface area contributed by atoms with Crippen molar-refractivity contribution in [1.82, 2.24) is 4.98 Å². The Bertz CT molecular complexity index is 250. The average Bonchev–Trinajstić information content (AvgIpc) is 2.06. The molecular weight excluding hydrogens is 174 g/mol. The topological polar surface area (TPSA) is 39.2 Å². The molecule has 1 aromatic rings. The standard InChI is InChI=1S/C8H9NO2S/c1-11-6-8(10)12-7-4-2-3-5-9-7/h2-5H,6H2,1H3. The van der Waals surface area contributed by atoms with Crippen LogP contribution in [0.2, 0.25) is 0 Å². The molecule has 0 fully saturated rings. The lowest BCUT2D eigenvalue weighted by atomic mass is 10.5. The number of hydrogen-bond acceptors (Lipinski definition) is 4. The molecule has 64 valence electrons. The minimum atomic E-state index is -0.0313. The molecule has 0 aliphatic carbocycles. The van der Waals surface area contributed by atoms with E-state index in [0.29, 0.717) is 5.03 Å². The Balaban J connectivity index is 2.47. The summed E-state index contributed by atoms with van der Waals surface area (Å²) in [5, 5.41) is 0.677. The van der Waals surface area contributed by atoms with Gasteiger partial charge in [-0.15, -0.1) is 0 Å². The van der Waals surface area contributed by atoms with Gasteiger partial charge in [-0.3, -0.25) is 4.79 Å². The Morgan fingerprint density at radius 3 is 3.08 bits per heavy atom. The molecule has 0 atom stereocenters. The first-order chi connectivity index (χ1) is 5.83. The molecule has 0 bridgehead atoms. The summed E-state index contributed by atoms with van der Waals surface area (Å²) in [6.07, 6.45) is 1.66. The number of methoxy groups -OCH3 is 1. The monoisotopic (exact) mass is 183 g/mol. The van der Waals surface area contributed by atoms with Gasteiger partial charge in [0, 0.05) is 13.3 Å². The first kappa shape index (κ1) is 9.22. The summed E-state index contributed by atoms with van der Waals surface area (Å²) >= 11 is 1.09. The number of ether oxygens (including phenoxy) is 1. The normalized spacial score (nSPS) is 9.75. The van der Waals surface area contributed by atoms with Gasteiger partial charge in [0.2, 0.25) is 5.12 Å². The van der Waals surface area contributed by atoms with Crippen LogP contribution in [0.4, 0.5) is 0 Å². The van der Waals surface area contributed by atoms with Crippen molar-refractivity contribution in [2.75, 3.05) is 13.7 Å². The molecule has 0 saturated heterocycles. The van der Waals surface area contributed by atoms with Crippen molar-refractivity contribution in [2.45, 2.75) is 5.03 Å². The predicted molar refractivity (Wildman–Crippen MR) is 47.0 cm³/mol. The van der Waals surface area contributed by atoms with Gasteiger partial charge in [-0.05, 0) is 23.9 Å². The number of nitrogens with zero attached hydrogens (tertiary/aromatic N) is 1. The van der Waals surface area contributed by atoms with Crippen molar-refractivity contribution >= 4 is 16.9 Å². The quantitative estimate of drug-likeness (QED) is 0.663. The van der Waals surface area contributed by atoms with E-state index in [0.717, 1.165) is 11.8 Å². The molecule has 1 heterocycles. The third-order valence-electron chi connectivity index (χ3n) is 1.12. The molecule has 0 amide bonds. The van der Waals surface area contributed by atoms with Crippen molar-refractivity contribution in [3.05, 3.63) is 24.4 Å². The van der Waals surface area contributed by atoms with Crippen LogP contribution in [0.25, 0.3) is 0 Å². The zero-order valence-electron chi connectivity index (χ0n) is 6.69. The van der Waals surface area contributed by atoms with Crippen LogP contribution in [0.1, 0.15) is 0 Å². The Labute approximate surface area is 75.1 Å². The molecule has 0 saturated carbocycles. The largest absolute Gasteiger partial charge is 0.376 e. The van der Waals surface area contributed by atoms with Crippen LogP contribution in [-0.4, -0.2) is 23.8 Å². The number of carbonyl (C=O) groups excluding carboxylic acids is 1. The highest BCUT2D eigenvalue weighted by atomic mass is 32.2. The third kappa shape index (κ3) is 3.02. The third-order valence-corrected chi connectivity index (χ3v) is 1.91. The second-order valence-corrected chi connectivity index (χ2v) is 3.15. The highest BCUT2D eigenvalue weighted by Crippen LogP contribution is 2.14. The predicted octanol–water partition coefficient (Wildman–Crippen LogP) is 1.35. The molecule has 1 rings (SSSR count). The van der Waals surface area contributed by atoms with Crippen LogP contribution in [0.5, 0.6) is 0 Å². The molecule has 0 radical (unpaired) electrons. The summed E-state index contributed by atoms with van der Waals surface area (Å²) < 4.78 is 4.68. The average molecular weight is 183 g/mol. The lowest BCUT2D eigenvalue weighted by Crippen LogP contribution is -2.01. The Morgan fingerprint density at radius 1 is 1.67 bits per heavy atom. The fraction of sp³-hybridized carbons (Fsp3) is 0.250. The van der Waals surface area contributed by atoms with E-state index in [2.05, 4.69) is 9.72 Å². The van der Waals surface area contributed by atoms with Crippen LogP contribution in [0.3, 0.4) is 0 Å². The van der Waals surface area contributed by atoms with Gasteiger partial charge >= 0.3 is 0 Å². The lowest BCUT2D eigenvalue weighted by Gasteiger charge is -1.96. The van der Waals surface area contributed by atoms with Gasteiger partial charge in [-0.2, -0.15) is 0 Å². The van der Waals surface area contributed by atoms with E-state index in [-0.39, 0.29) is 11.7 Å². The molecule has 0 aliphatic heterocycles. The van der Waals surface area contributed by atoms with Gasteiger partial charge in [-0.1, -0.05) is 6.07 Å². The summed E-state index contributed by atoms with van der Waals surface area (Å²) in [6.45, 7) is 0.126. The van der Waals surface area contributed by atoms with Crippen molar-refractivity contribution < 1.29 is 9.53 Å². The molecule has 0 unspecified atom stereocenters. The maximum Gasteiger partial charge on any atom is 0.220 e. The number of hydrogen-bond donors (Lipinski definition) is 0. The Hall–Kier alpha value is -0.870. The molecule has 4 heteroatoms. The molecule has 1 aromatic heterocycles. The second-order valence-electron chi connectivity index (χ2n) is 2.08. The van der Waals surface area contributed by atoms with Gasteiger partial charge in [0.05, 0.1) is 0 Å². The van der Waals surface area contributed by atoms with Crippen molar-refractivity contribution in [3.8, 4) is 0 Å². The smallest absolute Gasteiger partial charge is 0.220 e. The van der Waals surface area contributed by atoms with Crippen molar-refractivity contribution in [1.29, 1.82) is 0 Å². The number of aromatic nitrogens is 1. The van der Waals surface area contributed by atoms with Crippen LogP contribution in [0, 0.1) is 0 Å². The Morgan fingerprint density at radius 2 is 2.50 bits per heavy atom. The molecule has 0 spiro atoms. The summed E-state index contributed by atoms with van der Waals surface area (Å²) in [6, 6.07) is 5.44. The maximum absolute atomic E-state index is 11.0. The van der Waals surface area contributed by atoms with E-state index in [4.69, 9.17) is 0 Å². The van der Waals surface area contributed by atoms with Gasteiger partial charge < -0.3 is 4.74 Å². The van der Waals surface area contributed by atoms with E-state index in [1.165, 1.54) is 7.11 Å². The first-order valence-electron chi connectivity index (χ1n) is 3.43. The van der Waals surface area contributed by atoms with E-state index in [1.807, 2.05) is 12.1 Å². The van der Waals surface area contributed by atoms with Gasteiger partial charge in [0.25, 0.3) is 0 Å². The fourth-order valence-electron chi connectivity index (χ4n) is 0.671. The van der Waals surface area contributed by atoms with Gasteiger partial charge in [-0.25, -0.2) is 4.98 Å². The van der Waals surface area contributed by atoms with E-state index in [1.54, 1.807) is 12.3 Å². The highest BCUT2D eigenvalue weighted by molar-refractivity contribution is 8.13. The molecule has 12 heavy (non-hydrogen) atoms. The summed E-state index contributed by atoms with van der Waals surface area (Å²) in [7, 11) is 1.50. The summed E-state index contributed by atoms with van der Waals surface area (Å²) in [5.74, 6) is 0. The van der Waals surface area contributed by atoms with Crippen LogP contribution in [-0.2, 0) is 9.53 Å². The number of rotatable bonds is 3. The highest BCUT2D eigenvalue weighted by Gasteiger charge is 2.03. The maximum atomic E-state index is 11.0. The Kier molecular flexibility index (Phi) is 3.76. The molecule has 3 nitrogen and oxygen atoms in total. The second kappa shape index (κ2) is 4.90. The summed E-state index contributed by atoms with van der Waals surface area (Å²) in [4.78, 5) is 15.0. The minimum Gasteiger partial charge on any atom is -0.376 e. The van der Waals surface area contributed by atoms with E-state index >= 15 is 0 Å². The SMILES string of the molecule is COCC(=O)Sc1ccccn1. The summed E-state index contributed by atoms with van der Waals surface area (Å²) in [5.41, 5.74) is 0. The zero-order valence-corrected chi connectivity index (χ0v) is 7.50. The first-order valence-corrected chi connectivity index (χ1v) is 4.25. The van der Waals surface area contributed by atoms with E-state index in [9.17, 15) is 4.79 Å². The number of carbonyl (C=O) groups is 1. The number of pyridine rings is 1. The van der Waals surface area contributed by atoms with Crippen molar-refractivity contribution in [3.63, 3.8) is 0 Å².